The molecule has 1 aliphatic rings. The van der Waals surface area contributed by atoms with Crippen molar-refractivity contribution < 1.29 is 23.7 Å². The number of carbonyl (C=O) groups is 1. The number of methoxy groups -OCH3 is 1. The minimum Gasteiger partial charge on any atom is -0.497 e. The summed E-state index contributed by atoms with van der Waals surface area (Å²) >= 11 is 0. The molecule has 1 aliphatic heterocycles. The van der Waals surface area contributed by atoms with Crippen LogP contribution in [0.4, 0.5) is 0 Å². The third kappa shape index (κ3) is 4.35. The summed E-state index contributed by atoms with van der Waals surface area (Å²) < 4.78 is 21.7. The third-order valence-electron chi connectivity index (χ3n) is 4.97. The monoisotopic (exact) mass is 428 g/mol. The van der Waals surface area contributed by atoms with Gasteiger partial charge in [-0.3, -0.25) is 0 Å². The van der Waals surface area contributed by atoms with Crippen LogP contribution in [-0.2, 0) is 4.79 Å². The topological polar surface area (TPSA) is 104 Å². The Hall–Kier alpha value is -4.44. The molecule has 0 aromatic heterocycles. The highest BCUT2D eigenvalue weighted by molar-refractivity contribution is 5.74. The maximum Gasteiger partial charge on any atom is 0.349 e. The minimum atomic E-state index is -0.558. The largest absolute Gasteiger partial charge is 0.497 e. The lowest BCUT2D eigenvalue weighted by Gasteiger charge is -2.26. The number of rotatable bonds is 6. The molecule has 0 radical (unpaired) electrons. The van der Waals surface area contributed by atoms with E-state index in [1.165, 1.54) is 0 Å². The molecule has 4 rings (SSSR count). The summed E-state index contributed by atoms with van der Waals surface area (Å²) in [5.74, 6) is 1.01. The van der Waals surface area contributed by atoms with Crippen LogP contribution in [0.2, 0.25) is 0 Å². The van der Waals surface area contributed by atoms with Crippen molar-refractivity contribution in [2.45, 2.75) is 5.92 Å². The standard InChI is InChI=1S/C25H20N2O5/c1-29-17-9-7-16(8-10-17)24-20-12-11-19(13-22(20)32-25(27)21(24)14-26)31-23(28)15-30-18-5-3-2-4-6-18/h2-13,24H,15,27H2,1H3. The van der Waals surface area contributed by atoms with Crippen molar-refractivity contribution in [3.63, 3.8) is 0 Å². The van der Waals surface area contributed by atoms with Crippen molar-refractivity contribution in [1.29, 1.82) is 5.26 Å². The summed E-state index contributed by atoms with van der Waals surface area (Å²) in [7, 11) is 1.59. The van der Waals surface area contributed by atoms with Gasteiger partial charge in [0.25, 0.3) is 0 Å². The molecular formula is C25H20N2O5. The molecule has 32 heavy (non-hydrogen) atoms. The minimum absolute atomic E-state index is 0.0108. The first-order valence-electron chi connectivity index (χ1n) is 9.83. The molecule has 1 unspecified atom stereocenters. The highest BCUT2D eigenvalue weighted by Crippen LogP contribution is 2.43. The predicted molar refractivity (Wildman–Crippen MR) is 116 cm³/mol. The van der Waals surface area contributed by atoms with E-state index in [0.29, 0.717) is 22.8 Å². The molecule has 1 heterocycles. The molecule has 0 bridgehead atoms. The lowest BCUT2D eigenvalue weighted by atomic mass is 9.83. The van der Waals surface area contributed by atoms with Crippen LogP contribution in [0.15, 0.2) is 84.3 Å². The van der Waals surface area contributed by atoms with Gasteiger partial charge in [0.15, 0.2) is 6.61 Å². The van der Waals surface area contributed by atoms with Crippen LogP contribution in [0, 0.1) is 11.3 Å². The number of hydrogen-bond donors (Lipinski definition) is 1. The van der Waals surface area contributed by atoms with Gasteiger partial charge in [0.05, 0.1) is 13.0 Å². The predicted octanol–water partition coefficient (Wildman–Crippen LogP) is 3.90. The van der Waals surface area contributed by atoms with Crippen LogP contribution in [0.3, 0.4) is 0 Å². The lowest BCUT2D eigenvalue weighted by molar-refractivity contribution is -0.136. The van der Waals surface area contributed by atoms with Gasteiger partial charge < -0.3 is 24.7 Å². The molecule has 7 heteroatoms. The van der Waals surface area contributed by atoms with E-state index in [2.05, 4.69) is 6.07 Å². The van der Waals surface area contributed by atoms with Crippen LogP contribution in [0.1, 0.15) is 17.0 Å². The summed E-state index contributed by atoms with van der Waals surface area (Å²) in [6, 6.07) is 23.5. The number of nitrogens with zero attached hydrogens (tertiary/aromatic N) is 1. The maximum atomic E-state index is 12.2. The van der Waals surface area contributed by atoms with Crippen LogP contribution < -0.4 is 24.7 Å². The number of fused-ring (bicyclic) bond motifs is 1. The second-order valence-electron chi connectivity index (χ2n) is 6.97. The van der Waals surface area contributed by atoms with Crippen LogP contribution >= 0.6 is 0 Å². The first-order valence-corrected chi connectivity index (χ1v) is 9.83. The number of carbonyl (C=O) groups excluding carboxylic acids is 1. The number of benzene rings is 3. The van der Waals surface area contributed by atoms with Gasteiger partial charge >= 0.3 is 5.97 Å². The molecule has 3 aromatic carbocycles. The van der Waals surface area contributed by atoms with Crippen molar-refractivity contribution in [3.8, 4) is 29.1 Å². The molecular weight excluding hydrogens is 408 g/mol. The fourth-order valence-corrected chi connectivity index (χ4v) is 3.46. The Morgan fingerprint density at radius 1 is 1.03 bits per heavy atom. The summed E-state index contributed by atoms with van der Waals surface area (Å²) in [6.07, 6.45) is 0. The molecule has 7 nitrogen and oxygen atoms in total. The average Bonchev–Trinajstić information content (AvgIpc) is 2.82. The summed E-state index contributed by atoms with van der Waals surface area (Å²) in [5.41, 5.74) is 7.94. The van der Waals surface area contributed by atoms with Crippen molar-refractivity contribution in [3.05, 3.63) is 95.4 Å². The van der Waals surface area contributed by atoms with Gasteiger partial charge in [0.1, 0.15) is 34.6 Å². The van der Waals surface area contributed by atoms with Crippen molar-refractivity contribution >= 4 is 5.97 Å². The van der Waals surface area contributed by atoms with Gasteiger partial charge in [-0.1, -0.05) is 36.4 Å². The molecule has 0 saturated heterocycles. The Morgan fingerprint density at radius 3 is 2.44 bits per heavy atom. The zero-order valence-corrected chi connectivity index (χ0v) is 17.3. The second kappa shape index (κ2) is 9.14. The SMILES string of the molecule is COc1ccc(C2C(C#N)=C(N)Oc3cc(OC(=O)COc4ccccc4)ccc32)cc1. The van der Waals surface area contributed by atoms with Gasteiger partial charge in [-0.2, -0.15) is 5.26 Å². The molecule has 3 aromatic rings. The van der Waals surface area contributed by atoms with Crippen LogP contribution in [-0.4, -0.2) is 19.7 Å². The summed E-state index contributed by atoms with van der Waals surface area (Å²) in [5, 5.41) is 9.67. The molecule has 160 valence electrons. The van der Waals surface area contributed by atoms with E-state index in [4.69, 9.17) is 24.7 Å². The van der Waals surface area contributed by atoms with Crippen LogP contribution in [0.5, 0.6) is 23.0 Å². The van der Waals surface area contributed by atoms with Crippen molar-refractivity contribution in [1.82, 2.24) is 0 Å². The van der Waals surface area contributed by atoms with Crippen LogP contribution in [0.25, 0.3) is 0 Å². The van der Waals surface area contributed by atoms with E-state index < -0.39 is 11.9 Å². The fourth-order valence-electron chi connectivity index (χ4n) is 3.46. The Morgan fingerprint density at radius 2 is 1.75 bits per heavy atom. The van der Waals surface area contributed by atoms with Gasteiger partial charge in [0, 0.05) is 11.6 Å². The van der Waals surface area contributed by atoms with Gasteiger partial charge in [-0.15, -0.1) is 0 Å². The molecule has 1 atom stereocenters. The van der Waals surface area contributed by atoms with E-state index in [9.17, 15) is 10.1 Å². The zero-order chi connectivity index (χ0) is 22.5. The number of esters is 1. The zero-order valence-electron chi connectivity index (χ0n) is 17.3. The van der Waals surface area contributed by atoms with Crippen molar-refractivity contribution in [2.75, 3.05) is 13.7 Å². The normalized spacial score (nSPS) is 14.6. The number of ether oxygens (including phenoxy) is 4. The highest BCUT2D eigenvalue weighted by Gasteiger charge is 2.31. The molecule has 0 amide bonds. The Labute approximate surface area is 185 Å². The number of allylic oxidation sites excluding steroid dienone is 1. The van der Waals surface area contributed by atoms with E-state index in [-0.39, 0.29) is 18.2 Å². The number of hydrogen-bond acceptors (Lipinski definition) is 7. The molecule has 0 fully saturated rings. The first kappa shape index (κ1) is 20.8. The van der Waals surface area contributed by atoms with Gasteiger partial charge in [0.2, 0.25) is 5.88 Å². The van der Waals surface area contributed by atoms with E-state index in [1.54, 1.807) is 37.4 Å². The fraction of sp³-hybridized carbons (Fsp3) is 0.120. The highest BCUT2D eigenvalue weighted by atomic mass is 16.6. The van der Waals surface area contributed by atoms with Gasteiger partial charge in [-0.25, -0.2) is 4.79 Å². The number of nitrogens with two attached hydrogens (primary N) is 1. The quantitative estimate of drug-likeness (QED) is 0.469. The second-order valence-corrected chi connectivity index (χ2v) is 6.97. The van der Waals surface area contributed by atoms with E-state index in [1.807, 2.05) is 42.5 Å². The number of nitriles is 1. The molecule has 0 aliphatic carbocycles. The maximum absolute atomic E-state index is 12.2. The Kier molecular flexibility index (Phi) is 5.95. The number of para-hydroxylation sites is 1. The summed E-state index contributed by atoms with van der Waals surface area (Å²) in [6.45, 7) is -0.239. The average molecular weight is 428 g/mol. The lowest BCUT2D eigenvalue weighted by Crippen LogP contribution is -2.21. The Bertz CT molecular complexity index is 1200. The molecule has 2 N–H and O–H groups in total. The summed E-state index contributed by atoms with van der Waals surface area (Å²) in [4.78, 5) is 12.2. The molecule has 0 saturated carbocycles. The smallest absolute Gasteiger partial charge is 0.349 e. The van der Waals surface area contributed by atoms with Crippen molar-refractivity contribution in [2.24, 2.45) is 5.73 Å². The molecule has 0 spiro atoms. The van der Waals surface area contributed by atoms with E-state index in [0.717, 1.165) is 11.1 Å². The van der Waals surface area contributed by atoms with E-state index >= 15 is 0 Å². The third-order valence-corrected chi connectivity index (χ3v) is 4.97. The van der Waals surface area contributed by atoms with Gasteiger partial charge in [-0.05, 0) is 35.9 Å². The first-order chi connectivity index (χ1) is 15.6. The Balaban J connectivity index is 1.56.